The van der Waals surface area contributed by atoms with Gasteiger partial charge in [-0.25, -0.2) is 8.42 Å². The van der Waals surface area contributed by atoms with E-state index in [1.165, 1.54) is 21.1 Å². The highest BCUT2D eigenvalue weighted by Gasteiger charge is 2.28. The number of sulfonamides is 1. The summed E-state index contributed by atoms with van der Waals surface area (Å²) in [6.07, 6.45) is 1.07. The van der Waals surface area contributed by atoms with Crippen molar-refractivity contribution < 1.29 is 22.7 Å². The molecule has 1 N–H and O–H groups in total. The molecule has 0 bridgehead atoms. The second-order valence-corrected chi connectivity index (χ2v) is 6.58. The molecule has 0 aliphatic rings. The van der Waals surface area contributed by atoms with Gasteiger partial charge in [-0.15, -0.1) is 0 Å². The van der Waals surface area contributed by atoms with Crippen molar-refractivity contribution in [3.8, 4) is 5.75 Å². The van der Waals surface area contributed by atoms with E-state index in [9.17, 15) is 13.2 Å². The fourth-order valence-electron chi connectivity index (χ4n) is 1.96. The van der Waals surface area contributed by atoms with Crippen LogP contribution in [-0.4, -0.2) is 54.0 Å². The number of hydrogen-bond donors (Lipinski definition) is 1. The van der Waals surface area contributed by atoms with E-state index >= 15 is 0 Å². The van der Waals surface area contributed by atoms with E-state index in [4.69, 9.17) is 9.47 Å². The Kier molecular flexibility index (Phi) is 6.63. The van der Waals surface area contributed by atoms with Gasteiger partial charge >= 0.3 is 0 Å². The molecular formula is C14H22N2O5S. The lowest BCUT2D eigenvalue weighted by atomic mass is 10.2. The summed E-state index contributed by atoms with van der Waals surface area (Å²) in [6.45, 7) is 2.22. The van der Waals surface area contributed by atoms with Crippen LogP contribution >= 0.6 is 0 Å². The lowest BCUT2D eigenvalue weighted by Gasteiger charge is -2.28. The third kappa shape index (κ3) is 4.88. The lowest BCUT2D eigenvalue weighted by Crippen LogP contribution is -2.48. The minimum absolute atomic E-state index is 0.319. The highest BCUT2D eigenvalue weighted by atomic mass is 32.2. The van der Waals surface area contributed by atoms with Crippen LogP contribution in [0, 0.1) is 0 Å². The third-order valence-corrected chi connectivity index (χ3v) is 4.26. The summed E-state index contributed by atoms with van der Waals surface area (Å²) in [5.74, 6) is 0.215. The molecule has 1 rings (SSSR count). The van der Waals surface area contributed by atoms with Crippen molar-refractivity contribution in [2.45, 2.75) is 13.0 Å². The number of methoxy groups -OCH3 is 2. The molecule has 0 aliphatic heterocycles. The van der Waals surface area contributed by atoms with Crippen LogP contribution in [0.5, 0.6) is 5.75 Å². The molecule has 0 heterocycles. The largest absolute Gasteiger partial charge is 0.497 e. The first-order chi connectivity index (χ1) is 10.3. The van der Waals surface area contributed by atoms with E-state index in [0.29, 0.717) is 24.6 Å². The molecule has 0 unspecified atom stereocenters. The fourth-order valence-corrected chi connectivity index (χ4v) is 3.14. The van der Waals surface area contributed by atoms with Crippen molar-refractivity contribution >= 4 is 21.6 Å². The average molecular weight is 330 g/mol. The predicted octanol–water partition coefficient (Wildman–Crippen LogP) is 0.612. The molecule has 0 aromatic heterocycles. The Morgan fingerprint density at radius 1 is 1.27 bits per heavy atom. The summed E-state index contributed by atoms with van der Waals surface area (Å²) in [6, 6.07) is 5.60. The maximum Gasteiger partial charge on any atom is 0.243 e. The van der Waals surface area contributed by atoms with Crippen molar-refractivity contribution in [3.63, 3.8) is 0 Å². The summed E-state index contributed by atoms with van der Waals surface area (Å²) >= 11 is 0. The van der Waals surface area contributed by atoms with E-state index in [0.717, 1.165) is 10.6 Å². The van der Waals surface area contributed by atoms with Gasteiger partial charge in [0.15, 0.2) is 0 Å². The van der Waals surface area contributed by atoms with Crippen molar-refractivity contribution in [1.29, 1.82) is 0 Å². The van der Waals surface area contributed by atoms with Crippen molar-refractivity contribution in [3.05, 3.63) is 24.3 Å². The molecule has 7 nitrogen and oxygen atoms in total. The van der Waals surface area contributed by atoms with Crippen LogP contribution < -0.4 is 14.4 Å². The number of benzene rings is 1. The van der Waals surface area contributed by atoms with Crippen LogP contribution in [0.25, 0.3) is 0 Å². The van der Waals surface area contributed by atoms with Crippen LogP contribution in [0.15, 0.2) is 24.3 Å². The van der Waals surface area contributed by atoms with Crippen molar-refractivity contribution in [2.24, 2.45) is 0 Å². The number of anilines is 1. The Hall–Kier alpha value is -1.80. The Labute approximate surface area is 131 Å². The van der Waals surface area contributed by atoms with Crippen LogP contribution in [0.2, 0.25) is 0 Å². The first kappa shape index (κ1) is 18.2. The molecule has 0 spiro atoms. The molecule has 0 aliphatic carbocycles. The molecule has 0 saturated heterocycles. The number of carbonyl (C=O) groups is 1. The Morgan fingerprint density at radius 3 is 2.32 bits per heavy atom. The van der Waals surface area contributed by atoms with Gasteiger partial charge < -0.3 is 14.8 Å². The van der Waals surface area contributed by atoms with E-state index in [1.54, 1.807) is 24.3 Å². The molecule has 124 valence electrons. The quantitative estimate of drug-likeness (QED) is 0.706. The second kappa shape index (κ2) is 8.00. The van der Waals surface area contributed by atoms with Gasteiger partial charge in [-0.1, -0.05) is 0 Å². The smallest absolute Gasteiger partial charge is 0.243 e. The van der Waals surface area contributed by atoms with Gasteiger partial charge in [0, 0.05) is 13.7 Å². The number of amides is 1. The molecule has 0 radical (unpaired) electrons. The van der Waals surface area contributed by atoms with Crippen LogP contribution in [0.3, 0.4) is 0 Å². The number of carbonyl (C=O) groups excluding carboxylic acids is 1. The summed E-state index contributed by atoms with van der Waals surface area (Å²) in [5.41, 5.74) is 0.401. The highest BCUT2D eigenvalue weighted by molar-refractivity contribution is 7.92. The fraction of sp³-hybridized carbons (Fsp3) is 0.500. The highest BCUT2D eigenvalue weighted by Crippen LogP contribution is 2.23. The molecule has 0 fully saturated rings. The first-order valence-electron chi connectivity index (χ1n) is 6.71. The van der Waals surface area contributed by atoms with Gasteiger partial charge in [0.1, 0.15) is 11.8 Å². The van der Waals surface area contributed by atoms with Crippen molar-refractivity contribution in [1.82, 2.24) is 5.32 Å². The van der Waals surface area contributed by atoms with Gasteiger partial charge in [-0.2, -0.15) is 0 Å². The SMILES string of the molecule is COCCNC(=O)[C@@H](C)N(c1ccc(OC)cc1)S(C)(=O)=O. The summed E-state index contributed by atoms with van der Waals surface area (Å²) < 4.78 is 35.1. The number of ether oxygens (including phenoxy) is 2. The average Bonchev–Trinajstić information content (AvgIpc) is 2.46. The molecule has 1 aromatic rings. The second-order valence-electron chi connectivity index (χ2n) is 4.72. The number of nitrogens with zero attached hydrogens (tertiary/aromatic N) is 1. The van der Waals surface area contributed by atoms with E-state index in [2.05, 4.69) is 5.32 Å². The zero-order valence-corrected chi connectivity index (χ0v) is 14.0. The molecule has 8 heteroatoms. The van der Waals surface area contributed by atoms with Gasteiger partial charge in [0.25, 0.3) is 0 Å². The number of hydrogen-bond acceptors (Lipinski definition) is 5. The van der Waals surface area contributed by atoms with Gasteiger partial charge in [0.05, 0.1) is 25.7 Å². The Balaban J connectivity index is 3.00. The maximum atomic E-state index is 12.1. The van der Waals surface area contributed by atoms with Gasteiger partial charge in [-0.3, -0.25) is 9.10 Å². The summed E-state index contributed by atoms with van der Waals surface area (Å²) in [5, 5.41) is 2.63. The normalized spacial score (nSPS) is 12.5. The minimum atomic E-state index is -3.61. The molecule has 1 amide bonds. The van der Waals surface area contributed by atoms with E-state index in [-0.39, 0.29) is 0 Å². The third-order valence-electron chi connectivity index (χ3n) is 3.02. The van der Waals surface area contributed by atoms with Crippen LogP contribution in [0.1, 0.15) is 6.92 Å². The van der Waals surface area contributed by atoms with Crippen molar-refractivity contribution in [2.75, 3.05) is 37.9 Å². The first-order valence-corrected chi connectivity index (χ1v) is 8.56. The zero-order valence-electron chi connectivity index (χ0n) is 13.2. The summed E-state index contributed by atoms with van der Waals surface area (Å²) in [4.78, 5) is 12.1. The van der Waals surface area contributed by atoms with Crippen LogP contribution in [-0.2, 0) is 19.6 Å². The molecular weight excluding hydrogens is 308 g/mol. The monoisotopic (exact) mass is 330 g/mol. The molecule has 22 heavy (non-hydrogen) atoms. The lowest BCUT2D eigenvalue weighted by molar-refractivity contribution is -0.122. The predicted molar refractivity (Wildman–Crippen MR) is 84.7 cm³/mol. The zero-order chi connectivity index (χ0) is 16.8. The number of rotatable bonds is 8. The maximum absolute atomic E-state index is 12.1. The molecule has 1 aromatic carbocycles. The van der Waals surface area contributed by atoms with E-state index < -0.39 is 22.0 Å². The van der Waals surface area contributed by atoms with E-state index in [1.807, 2.05) is 0 Å². The standard InChI is InChI=1S/C14H22N2O5S/c1-11(14(17)15-9-10-20-2)16(22(4,18)19)12-5-7-13(21-3)8-6-12/h5-8,11H,9-10H2,1-4H3,(H,15,17)/t11-/m1/s1. The van der Waals surface area contributed by atoms with Gasteiger partial charge in [-0.05, 0) is 31.2 Å². The number of nitrogens with one attached hydrogen (secondary N) is 1. The minimum Gasteiger partial charge on any atom is -0.497 e. The topological polar surface area (TPSA) is 84.9 Å². The Bertz CT molecular complexity index is 586. The molecule has 1 atom stereocenters. The van der Waals surface area contributed by atoms with Crippen LogP contribution in [0.4, 0.5) is 5.69 Å². The Morgan fingerprint density at radius 2 is 1.86 bits per heavy atom. The summed E-state index contributed by atoms with van der Waals surface area (Å²) in [7, 11) is -0.565. The molecule has 0 saturated carbocycles. The van der Waals surface area contributed by atoms with Gasteiger partial charge in [0.2, 0.25) is 15.9 Å².